The third-order valence-corrected chi connectivity index (χ3v) is 4.48. The molecule has 142 valence electrons. The van der Waals surface area contributed by atoms with Gasteiger partial charge in [0.05, 0.1) is 18.0 Å². The molecular weight excluding hydrogens is 367 g/mol. The van der Waals surface area contributed by atoms with Gasteiger partial charge >= 0.3 is 0 Å². The van der Waals surface area contributed by atoms with E-state index in [0.29, 0.717) is 18.1 Å². The van der Waals surface area contributed by atoms with Gasteiger partial charge in [-0.1, -0.05) is 6.07 Å². The summed E-state index contributed by atoms with van der Waals surface area (Å²) in [5, 5.41) is 0. The van der Waals surface area contributed by atoms with E-state index in [4.69, 9.17) is 11.3 Å². The van der Waals surface area contributed by atoms with Crippen molar-refractivity contribution in [2.24, 2.45) is 0 Å². The van der Waals surface area contributed by atoms with Gasteiger partial charge in [0.1, 0.15) is 24.0 Å². The van der Waals surface area contributed by atoms with Crippen molar-refractivity contribution in [1.82, 2.24) is 15.0 Å². The molecule has 0 saturated heterocycles. The number of nitrogens with one attached hydrogen (secondary N) is 1. The molecule has 4 aromatic rings. The smallest absolute Gasteiger partial charge is 0.205 e. The van der Waals surface area contributed by atoms with Crippen LogP contribution in [0.1, 0.15) is 11.3 Å². The molecule has 0 unspecified atom stereocenters. The van der Waals surface area contributed by atoms with Crippen LogP contribution in [0, 0.1) is 19.3 Å². The number of H-pyrrole nitrogens is 1. The molecule has 0 spiro atoms. The summed E-state index contributed by atoms with van der Waals surface area (Å²) in [5.41, 5.74) is 4.83. The summed E-state index contributed by atoms with van der Waals surface area (Å²) in [6.45, 7) is 9.26. The van der Waals surface area contributed by atoms with Crippen LogP contribution in [-0.2, 0) is 6.61 Å². The first-order valence-electron chi connectivity index (χ1n) is 9.00. The van der Waals surface area contributed by atoms with Crippen LogP contribution in [0.2, 0.25) is 0 Å². The molecule has 4 rings (SSSR count). The molecule has 0 radical (unpaired) electrons. The molecule has 0 saturated carbocycles. The van der Waals surface area contributed by atoms with Crippen LogP contribution in [0.3, 0.4) is 0 Å². The molecule has 0 aliphatic carbocycles. The lowest BCUT2D eigenvalue weighted by atomic mass is 10.1. The number of rotatable bonds is 5. The second kappa shape index (κ2) is 7.95. The van der Waals surface area contributed by atoms with Gasteiger partial charge in [-0.25, -0.2) is 14.2 Å². The standard InChI is InChI=1S/C23H17FN4O/c1-15-11-17(21-13-27-23(28-21)16-3-6-18(24)7-4-16)5-10-22(15)29-14-20-9-8-19(25-2)12-26-20/h3-13H,14H2,1H3,(H,27,28). The first-order chi connectivity index (χ1) is 14.1. The van der Waals surface area contributed by atoms with E-state index in [9.17, 15) is 4.39 Å². The van der Waals surface area contributed by atoms with Crippen molar-refractivity contribution in [3.63, 3.8) is 0 Å². The average Bonchev–Trinajstić information content (AvgIpc) is 3.24. The lowest BCUT2D eigenvalue weighted by Crippen LogP contribution is -1.99. The van der Waals surface area contributed by atoms with Crippen molar-refractivity contribution in [3.05, 3.63) is 95.5 Å². The molecule has 1 N–H and O–H groups in total. The Bertz CT molecular complexity index is 1170. The fourth-order valence-electron chi connectivity index (χ4n) is 2.92. The van der Waals surface area contributed by atoms with Crippen LogP contribution in [0.5, 0.6) is 5.75 Å². The van der Waals surface area contributed by atoms with Gasteiger partial charge in [0.25, 0.3) is 0 Å². The lowest BCUT2D eigenvalue weighted by Gasteiger charge is -2.10. The Hall–Kier alpha value is -3.98. The molecular formula is C23H17FN4O. The highest BCUT2D eigenvalue weighted by Crippen LogP contribution is 2.27. The van der Waals surface area contributed by atoms with E-state index in [2.05, 4.69) is 19.8 Å². The van der Waals surface area contributed by atoms with Gasteiger partial charge in [0, 0.05) is 23.5 Å². The van der Waals surface area contributed by atoms with Crippen molar-refractivity contribution in [2.45, 2.75) is 13.5 Å². The Balaban J connectivity index is 1.48. The zero-order valence-electron chi connectivity index (χ0n) is 15.7. The van der Waals surface area contributed by atoms with Crippen LogP contribution >= 0.6 is 0 Å². The number of benzene rings is 2. The van der Waals surface area contributed by atoms with E-state index < -0.39 is 0 Å². The van der Waals surface area contributed by atoms with Crippen LogP contribution < -0.4 is 4.74 Å². The highest BCUT2D eigenvalue weighted by molar-refractivity contribution is 5.66. The van der Waals surface area contributed by atoms with Gasteiger partial charge in [0.2, 0.25) is 5.69 Å². The molecule has 0 atom stereocenters. The first-order valence-corrected chi connectivity index (χ1v) is 9.00. The van der Waals surface area contributed by atoms with Crippen LogP contribution in [0.4, 0.5) is 10.1 Å². The molecule has 2 aromatic heterocycles. The molecule has 29 heavy (non-hydrogen) atoms. The summed E-state index contributed by atoms with van der Waals surface area (Å²) in [6.07, 6.45) is 3.37. The Kier molecular flexibility index (Phi) is 5.04. The quantitative estimate of drug-likeness (QED) is 0.448. The Morgan fingerprint density at radius 1 is 1.07 bits per heavy atom. The predicted molar refractivity (Wildman–Crippen MR) is 109 cm³/mol. The number of halogens is 1. The van der Waals surface area contributed by atoms with E-state index in [1.807, 2.05) is 31.3 Å². The summed E-state index contributed by atoms with van der Waals surface area (Å²) in [7, 11) is 0. The number of nitrogens with zero attached hydrogens (tertiary/aromatic N) is 3. The topological polar surface area (TPSA) is 55.2 Å². The Labute approximate surface area is 167 Å². The molecule has 2 aromatic carbocycles. The lowest BCUT2D eigenvalue weighted by molar-refractivity contribution is 0.299. The molecule has 6 heteroatoms. The molecule has 0 fully saturated rings. The molecule has 0 bridgehead atoms. The average molecular weight is 384 g/mol. The molecule has 2 heterocycles. The van der Waals surface area contributed by atoms with E-state index in [1.54, 1.807) is 24.3 Å². The van der Waals surface area contributed by atoms with Gasteiger partial charge < -0.3 is 9.72 Å². The highest BCUT2D eigenvalue weighted by atomic mass is 19.1. The number of aryl methyl sites for hydroxylation is 1. The van der Waals surface area contributed by atoms with E-state index in [0.717, 1.165) is 33.8 Å². The van der Waals surface area contributed by atoms with Gasteiger partial charge in [0.15, 0.2) is 0 Å². The number of aromatic nitrogens is 3. The van der Waals surface area contributed by atoms with Crippen molar-refractivity contribution >= 4 is 5.69 Å². The SMILES string of the molecule is [C-]#[N+]c1ccc(COc2ccc(-c3c[nH]c(-c4ccc(F)cc4)n3)cc2C)nc1. The zero-order chi connectivity index (χ0) is 20.2. The molecule has 0 aliphatic rings. The van der Waals surface area contributed by atoms with E-state index in [-0.39, 0.29) is 5.82 Å². The van der Waals surface area contributed by atoms with Crippen LogP contribution in [0.15, 0.2) is 67.0 Å². The molecule has 0 aliphatic heterocycles. The summed E-state index contributed by atoms with van der Waals surface area (Å²) in [5.74, 6) is 1.18. The second-order valence-electron chi connectivity index (χ2n) is 6.53. The summed E-state index contributed by atoms with van der Waals surface area (Å²) >= 11 is 0. The van der Waals surface area contributed by atoms with Crippen LogP contribution in [-0.4, -0.2) is 15.0 Å². The number of hydrogen-bond acceptors (Lipinski definition) is 3. The number of pyridine rings is 1. The Morgan fingerprint density at radius 2 is 1.86 bits per heavy atom. The zero-order valence-corrected chi connectivity index (χ0v) is 15.7. The second-order valence-corrected chi connectivity index (χ2v) is 6.53. The van der Waals surface area contributed by atoms with Gasteiger partial charge in [-0.15, -0.1) is 0 Å². The van der Waals surface area contributed by atoms with Crippen molar-refractivity contribution in [2.75, 3.05) is 0 Å². The van der Waals surface area contributed by atoms with Crippen LogP contribution in [0.25, 0.3) is 27.5 Å². The molecule has 5 nitrogen and oxygen atoms in total. The van der Waals surface area contributed by atoms with Gasteiger partial charge in [-0.3, -0.25) is 4.98 Å². The van der Waals surface area contributed by atoms with Crippen molar-refractivity contribution in [1.29, 1.82) is 0 Å². The third-order valence-electron chi connectivity index (χ3n) is 4.48. The van der Waals surface area contributed by atoms with E-state index in [1.165, 1.54) is 18.3 Å². The highest BCUT2D eigenvalue weighted by Gasteiger charge is 2.09. The van der Waals surface area contributed by atoms with Gasteiger partial charge in [-0.2, -0.15) is 0 Å². The molecule has 0 amide bonds. The minimum absolute atomic E-state index is 0.274. The Morgan fingerprint density at radius 3 is 2.55 bits per heavy atom. The monoisotopic (exact) mass is 384 g/mol. The number of aromatic amines is 1. The minimum atomic E-state index is -0.274. The largest absolute Gasteiger partial charge is 0.487 e. The van der Waals surface area contributed by atoms with E-state index >= 15 is 0 Å². The summed E-state index contributed by atoms with van der Waals surface area (Å²) in [6, 6.07) is 15.6. The maximum absolute atomic E-state index is 13.1. The van der Waals surface area contributed by atoms with Crippen molar-refractivity contribution < 1.29 is 9.13 Å². The first kappa shape index (κ1) is 18.4. The number of hydrogen-bond donors (Lipinski definition) is 1. The summed E-state index contributed by atoms with van der Waals surface area (Å²) in [4.78, 5) is 15.3. The fraction of sp³-hybridized carbons (Fsp3) is 0.0870. The van der Waals surface area contributed by atoms with Gasteiger partial charge in [-0.05, 0) is 61.0 Å². The number of imidazole rings is 1. The maximum atomic E-state index is 13.1. The minimum Gasteiger partial charge on any atom is -0.487 e. The third kappa shape index (κ3) is 4.14. The normalized spacial score (nSPS) is 10.5. The fourth-order valence-corrected chi connectivity index (χ4v) is 2.92. The number of ether oxygens (including phenoxy) is 1. The summed E-state index contributed by atoms with van der Waals surface area (Å²) < 4.78 is 19.0. The maximum Gasteiger partial charge on any atom is 0.205 e. The van der Waals surface area contributed by atoms with Crippen molar-refractivity contribution in [3.8, 4) is 28.4 Å². The predicted octanol–water partition coefficient (Wildman–Crippen LogP) is 5.72.